The van der Waals surface area contributed by atoms with Crippen molar-refractivity contribution in [3.63, 3.8) is 0 Å². The van der Waals surface area contributed by atoms with Crippen molar-refractivity contribution in [2.75, 3.05) is 5.73 Å². The standard InChI is InChI=1S/C14H15N3O2S/c1-7-8(2)16-14(17-9(7)3)20-10-4-5-11(13(18)19)12(15)6-10/h4-6H,15H2,1-3H3,(H,18,19). The molecule has 0 aliphatic carbocycles. The van der Waals surface area contributed by atoms with Gasteiger partial charge in [0.1, 0.15) is 0 Å². The predicted octanol–water partition coefficient (Wildman–Crippen LogP) is 2.83. The zero-order valence-electron chi connectivity index (χ0n) is 11.5. The summed E-state index contributed by atoms with van der Waals surface area (Å²) in [7, 11) is 0. The molecule has 104 valence electrons. The van der Waals surface area contributed by atoms with Crippen LogP contribution in [0.15, 0.2) is 28.3 Å². The van der Waals surface area contributed by atoms with Gasteiger partial charge in [0.2, 0.25) is 0 Å². The Bertz CT molecular complexity index is 663. The number of rotatable bonds is 3. The minimum Gasteiger partial charge on any atom is -0.478 e. The van der Waals surface area contributed by atoms with Crippen LogP contribution < -0.4 is 5.73 Å². The van der Waals surface area contributed by atoms with Gasteiger partial charge in [0.25, 0.3) is 0 Å². The smallest absolute Gasteiger partial charge is 0.337 e. The number of aromatic carboxylic acids is 1. The molecular formula is C14H15N3O2S. The summed E-state index contributed by atoms with van der Waals surface area (Å²) in [6, 6.07) is 4.83. The quantitative estimate of drug-likeness (QED) is 0.667. The van der Waals surface area contributed by atoms with Crippen molar-refractivity contribution in [2.24, 2.45) is 0 Å². The van der Waals surface area contributed by atoms with E-state index in [4.69, 9.17) is 10.8 Å². The Morgan fingerprint density at radius 2 is 1.80 bits per heavy atom. The lowest BCUT2D eigenvalue weighted by atomic mass is 10.2. The van der Waals surface area contributed by atoms with Crippen molar-refractivity contribution in [1.29, 1.82) is 0 Å². The van der Waals surface area contributed by atoms with E-state index >= 15 is 0 Å². The van der Waals surface area contributed by atoms with Crippen molar-refractivity contribution in [3.05, 3.63) is 40.7 Å². The highest BCUT2D eigenvalue weighted by atomic mass is 32.2. The third-order valence-corrected chi connectivity index (χ3v) is 3.93. The second-order valence-corrected chi connectivity index (χ2v) is 5.50. The van der Waals surface area contributed by atoms with Crippen LogP contribution in [0, 0.1) is 20.8 Å². The van der Waals surface area contributed by atoms with Crippen molar-refractivity contribution >= 4 is 23.4 Å². The van der Waals surface area contributed by atoms with Crippen LogP contribution in [0.25, 0.3) is 0 Å². The first-order valence-electron chi connectivity index (χ1n) is 6.01. The Hall–Kier alpha value is -2.08. The highest BCUT2D eigenvalue weighted by molar-refractivity contribution is 7.99. The number of carboxylic acids is 1. The van der Waals surface area contributed by atoms with Crippen LogP contribution in [-0.2, 0) is 0 Å². The number of hydrogen-bond acceptors (Lipinski definition) is 5. The first-order valence-corrected chi connectivity index (χ1v) is 6.82. The third-order valence-electron chi connectivity index (χ3n) is 3.07. The second-order valence-electron chi connectivity index (χ2n) is 4.46. The summed E-state index contributed by atoms with van der Waals surface area (Å²) in [4.78, 5) is 20.5. The van der Waals surface area contributed by atoms with Crippen LogP contribution in [0.5, 0.6) is 0 Å². The maximum atomic E-state index is 10.9. The fourth-order valence-corrected chi connectivity index (χ4v) is 2.59. The summed E-state index contributed by atoms with van der Waals surface area (Å²) >= 11 is 1.36. The summed E-state index contributed by atoms with van der Waals surface area (Å²) in [5.74, 6) is -1.03. The molecule has 0 bridgehead atoms. The molecule has 0 aliphatic heterocycles. The number of carboxylic acid groups (broad SMARTS) is 1. The normalized spacial score (nSPS) is 10.6. The largest absolute Gasteiger partial charge is 0.478 e. The Labute approximate surface area is 121 Å². The molecule has 2 aromatic rings. The van der Waals surface area contributed by atoms with Crippen LogP contribution in [0.3, 0.4) is 0 Å². The molecule has 0 saturated heterocycles. The van der Waals surface area contributed by atoms with E-state index in [1.165, 1.54) is 17.8 Å². The Balaban J connectivity index is 2.31. The van der Waals surface area contributed by atoms with E-state index in [0.29, 0.717) is 5.16 Å². The van der Waals surface area contributed by atoms with E-state index in [0.717, 1.165) is 21.8 Å². The first kappa shape index (κ1) is 14.3. The molecule has 1 heterocycles. The van der Waals surface area contributed by atoms with Crippen LogP contribution in [-0.4, -0.2) is 21.0 Å². The van der Waals surface area contributed by atoms with Gasteiger partial charge in [-0.25, -0.2) is 14.8 Å². The van der Waals surface area contributed by atoms with E-state index in [2.05, 4.69) is 9.97 Å². The number of anilines is 1. The molecule has 3 N–H and O–H groups in total. The zero-order chi connectivity index (χ0) is 14.9. The van der Waals surface area contributed by atoms with Crippen LogP contribution >= 0.6 is 11.8 Å². The molecule has 0 amide bonds. The fourth-order valence-electron chi connectivity index (χ4n) is 1.69. The lowest BCUT2D eigenvalue weighted by molar-refractivity contribution is 0.0698. The highest BCUT2D eigenvalue weighted by Gasteiger charge is 2.10. The van der Waals surface area contributed by atoms with Gasteiger partial charge >= 0.3 is 5.97 Å². The number of nitrogens with zero attached hydrogens (tertiary/aromatic N) is 2. The lowest BCUT2D eigenvalue weighted by Gasteiger charge is -2.08. The summed E-state index contributed by atoms with van der Waals surface area (Å²) in [6.45, 7) is 5.87. The average molecular weight is 289 g/mol. The van der Waals surface area contributed by atoms with Gasteiger partial charge in [-0.3, -0.25) is 0 Å². The third kappa shape index (κ3) is 2.91. The van der Waals surface area contributed by atoms with Crippen LogP contribution in [0.1, 0.15) is 27.3 Å². The Kier molecular flexibility index (Phi) is 3.94. The van der Waals surface area contributed by atoms with Gasteiger partial charge in [-0.05, 0) is 56.3 Å². The molecule has 2 rings (SSSR count). The predicted molar refractivity (Wildman–Crippen MR) is 78.2 cm³/mol. The summed E-state index contributed by atoms with van der Waals surface area (Å²) in [5.41, 5.74) is 9.03. The topological polar surface area (TPSA) is 89.1 Å². The minimum atomic E-state index is -1.03. The van der Waals surface area contributed by atoms with E-state index in [1.807, 2.05) is 20.8 Å². The van der Waals surface area contributed by atoms with Gasteiger partial charge < -0.3 is 10.8 Å². The van der Waals surface area contributed by atoms with Crippen molar-refractivity contribution in [2.45, 2.75) is 30.8 Å². The SMILES string of the molecule is Cc1nc(Sc2ccc(C(=O)O)c(N)c2)nc(C)c1C. The van der Waals surface area contributed by atoms with Gasteiger partial charge in [-0.1, -0.05) is 0 Å². The van der Waals surface area contributed by atoms with Crippen molar-refractivity contribution in [3.8, 4) is 0 Å². The number of aromatic nitrogens is 2. The number of hydrogen-bond donors (Lipinski definition) is 2. The molecular weight excluding hydrogens is 274 g/mol. The average Bonchev–Trinajstić information content (AvgIpc) is 2.35. The van der Waals surface area contributed by atoms with Crippen LogP contribution in [0.2, 0.25) is 0 Å². The lowest BCUT2D eigenvalue weighted by Crippen LogP contribution is -2.02. The molecule has 0 atom stereocenters. The van der Waals surface area contributed by atoms with Crippen molar-refractivity contribution < 1.29 is 9.90 Å². The Morgan fingerprint density at radius 3 is 2.30 bits per heavy atom. The molecule has 6 heteroatoms. The summed E-state index contributed by atoms with van der Waals surface area (Å²) in [5, 5.41) is 9.57. The van der Waals surface area contributed by atoms with Crippen LogP contribution in [0.4, 0.5) is 5.69 Å². The van der Waals surface area contributed by atoms with Gasteiger partial charge in [-0.2, -0.15) is 0 Å². The van der Waals surface area contributed by atoms with E-state index in [9.17, 15) is 4.79 Å². The molecule has 5 nitrogen and oxygen atoms in total. The molecule has 0 unspecified atom stereocenters. The van der Waals surface area contributed by atoms with Gasteiger partial charge in [0, 0.05) is 22.0 Å². The molecule has 0 saturated carbocycles. The monoisotopic (exact) mass is 289 g/mol. The fraction of sp³-hybridized carbons (Fsp3) is 0.214. The maximum absolute atomic E-state index is 10.9. The minimum absolute atomic E-state index is 0.103. The molecule has 1 aromatic heterocycles. The maximum Gasteiger partial charge on any atom is 0.337 e. The highest BCUT2D eigenvalue weighted by Crippen LogP contribution is 2.28. The summed E-state index contributed by atoms with van der Waals surface area (Å²) in [6.07, 6.45) is 0. The van der Waals surface area contributed by atoms with Crippen molar-refractivity contribution in [1.82, 2.24) is 9.97 Å². The first-order chi connectivity index (χ1) is 9.38. The molecule has 20 heavy (non-hydrogen) atoms. The number of nitrogens with two attached hydrogens (primary N) is 1. The zero-order valence-corrected chi connectivity index (χ0v) is 12.3. The van der Waals surface area contributed by atoms with Gasteiger partial charge in [-0.15, -0.1) is 0 Å². The number of carbonyl (C=O) groups is 1. The van der Waals surface area contributed by atoms with E-state index in [1.54, 1.807) is 12.1 Å². The molecule has 0 spiro atoms. The van der Waals surface area contributed by atoms with Gasteiger partial charge in [0.15, 0.2) is 5.16 Å². The molecule has 0 fully saturated rings. The number of benzene rings is 1. The summed E-state index contributed by atoms with van der Waals surface area (Å²) < 4.78 is 0. The number of aryl methyl sites for hydroxylation is 2. The van der Waals surface area contributed by atoms with E-state index < -0.39 is 5.97 Å². The Morgan fingerprint density at radius 1 is 1.20 bits per heavy atom. The molecule has 0 radical (unpaired) electrons. The molecule has 1 aromatic carbocycles. The second kappa shape index (κ2) is 5.50. The molecule has 0 aliphatic rings. The van der Waals surface area contributed by atoms with Gasteiger partial charge in [0.05, 0.1) is 5.56 Å². The van der Waals surface area contributed by atoms with E-state index in [-0.39, 0.29) is 11.3 Å². The number of nitrogen functional groups attached to an aromatic ring is 1.